The van der Waals surface area contributed by atoms with Gasteiger partial charge in [0.25, 0.3) is 5.91 Å². The van der Waals surface area contributed by atoms with Crippen LogP contribution in [0.5, 0.6) is 0 Å². The Kier molecular flexibility index (Phi) is 4.50. The third-order valence-corrected chi connectivity index (χ3v) is 2.86. The molecule has 0 aliphatic heterocycles. The zero-order chi connectivity index (χ0) is 15.2. The quantitative estimate of drug-likeness (QED) is 0.652. The van der Waals surface area contributed by atoms with E-state index in [1.165, 1.54) is 6.07 Å². The number of hydrogen-bond donors (Lipinski definition) is 2. The smallest absolute Gasteiger partial charge is 0.305 e. The van der Waals surface area contributed by atoms with Gasteiger partial charge in [0.1, 0.15) is 11.3 Å². The van der Waals surface area contributed by atoms with Gasteiger partial charge in [-0.15, -0.1) is 0 Å². The Morgan fingerprint density at radius 3 is 2.48 bits per heavy atom. The summed E-state index contributed by atoms with van der Waals surface area (Å²) in [5.41, 5.74) is 0.740. The highest BCUT2D eigenvalue weighted by Gasteiger charge is 2.24. The van der Waals surface area contributed by atoms with Gasteiger partial charge in [0.05, 0.1) is 4.92 Å². The molecule has 21 heavy (non-hydrogen) atoms. The van der Waals surface area contributed by atoms with Gasteiger partial charge >= 0.3 is 5.69 Å². The molecule has 6 heteroatoms. The van der Waals surface area contributed by atoms with E-state index in [0.717, 1.165) is 0 Å². The Morgan fingerprint density at radius 1 is 1.14 bits per heavy atom. The van der Waals surface area contributed by atoms with Gasteiger partial charge in [0.2, 0.25) is 0 Å². The third-order valence-electron chi connectivity index (χ3n) is 2.86. The van der Waals surface area contributed by atoms with Crippen molar-refractivity contribution in [2.75, 3.05) is 17.2 Å². The fraction of sp³-hybridized carbons (Fsp3) is 0.133. The van der Waals surface area contributed by atoms with E-state index in [0.29, 0.717) is 17.9 Å². The summed E-state index contributed by atoms with van der Waals surface area (Å²) in [5, 5.41) is 16.8. The summed E-state index contributed by atoms with van der Waals surface area (Å²) in [6.07, 6.45) is 0. The number of carbonyl (C=O) groups is 1. The Hall–Kier alpha value is -2.89. The summed E-state index contributed by atoms with van der Waals surface area (Å²) < 4.78 is 0. The molecule has 2 N–H and O–H groups in total. The highest BCUT2D eigenvalue weighted by atomic mass is 16.6. The van der Waals surface area contributed by atoms with Crippen LogP contribution in [0, 0.1) is 10.1 Å². The van der Waals surface area contributed by atoms with Crippen LogP contribution in [0.15, 0.2) is 48.5 Å². The predicted octanol–water partition coefficient (Wildman–Crippen LogP) is 3.28. The Morgan fingerprint density at radius 2 is 1.86 bits per heavy atom. The standard InChI is InChI=1S/C15H15N3O3/c1-2-16-13-10-6-9-12(14(13)18(20)21)15(19)17-11-7-4-3-5-8-11/h3-10,16H,2H2,1H3,(H,17,19). The number of para-hydroxylation sites is 2. The number of carbonyl (C=O) groups excluding carboxylic acids is 1. The molecule has 0 radical (unpaired) electrons. The zero-order valence-electron chi connectivity index (χ0n) is 11.5. The Bertz CT molecular complexity index is 656. The van der Waals surface area contributed by atoms with Gasteiger partial charge in [0, 0.05) is 12.2 Å². The summed E-state index contributed by atoms with van der Waals surface area (Å²) in [7, 11) is 0. The van der Waals surface area contributed by atoms with Crippen molar-refractivity contribution in [3.63, 3.8) is 0 Å². The molecule has 0 aliphatic rings. The van der Waals surface area contributed by atoms with E-state index in [-0.39, 0.29) is 11.3 Å². The molecule has 0 saturated carbocycles. The number of nitrogens with one attached hydrogen (secondary N) is 2. The predicted molar refractivity (Wildman–Crippen MR) is 81.7 cm³/mol. The van der Waals surface area contributed by atoms with Crippen LogP contribution in [0.4, 0.5) is 17.1 Å². The minimum Gasteiger partial charge on any atom is -0.380 e. The van der Waals surface area contributed by atoms with Gasteiger partial charge in [0.15, 0.2) is 0 Å². The number of nitrogens with zero attached hydrogens (tertiary/aromatic N) is 1. The van der Waals surface area contributed by atoms with Crippen molar-refractivity contribution in [3.05, 3.63) is 64.2 Å². The zero-order valence-corrected chi connectivity index (χ0v) is 11.5. The van der Waals surface area contributed by atoms with Gasteiger partial charge < -0.3 is 10.6 Å². The minimum atomic E-state index is -0.544. The average Bonchev–Trinajstić information content (AvgIpc) is 2.48. The van der Waals surface area contributed by atoms with E-state index in [4.69, 9.17) is 0 Å². The molecule has 0 heterocycles. The molecule has 108 valence electrons. The molecule has 0 fully saturated rings. The maximum absolute atomic E-state index is 12.3. The van der Waals surface area contributed by atoms with E-state index >= 15 is 0 Å². The second-order valence-corrected chi connectivity index (χ2v) is 4.31. The van der Waals surface area contributed by atoms with Crippen molar-refractivity contribution in [3.8, 4) is 0 Å². The monoisotopic (exact) mass is 285 g/mol. The molecule has 0 saturated heterocycles. The van der Waals surface area contributed by atoms with Crippen molar-refractivity contribution in [1.29, 1.82) is 0 Å². The lowest BCUT2D eigenvalue weighted by molar-refractivity contribution is -0.384. The van der Waals surface area contributed by atoms with Crippen LogP contribution in [0.25, 0.3) is 0 Å². The van der Waals surface area contributed by atoms with Crippen LogP contribution in [0.3, 0.4) is 0 Å². The number of amides is 1. The highest BCUT2D eigenvalue weighted by molar-refractivity contribution is 6.08. The molecule has 0 spiro atoms. The third kappa shape index (κ3) is 3.36. The van der Waals surface area contributed by atoms with Gasteiger partial charge in [-0.05, 0) is 31.2 Å². The number of nitro groups is 1. The first-order valence-corrected chi connectivity index (χ1v) is 6.51. The lowest BCUT2D eigenvalue weighted by Crippen LogP contribution is -2.15. The molecule has 2 aromatic rings. The van der Waals surface area contributed by atoms with E-state index in [2.05, 4.69) is 10.6 Å². The van der Waals surface area contributed by atoms with Crippen molar-refractivity contribution in [2.24, 2.45) is 0 Å². The maximum atomic E-state index is 12.3. The van der Waals surface area contributed by atoms with Gasteiger partial charge in [-0.25, -0.2) is 0 Å². The van der Waals surface area contributed by atoms with Crippen molar-refractivity contribution in [2.45, 2.75) is 6.92 Å². The highest BCUT2D eigenvalue weighted by Crippen LogP contribution is 2.29. The topological polar surface area (TPSA) is 84.3 Å². The fourth-order valence-electron chi connectivity index (χ4n) is 1.98. The van der Waals surface area contributed by atoms with Gasteiger partial charge in [-0.2, -0.15) is 0 Å². The lowest BCUT2D eigenvalue weighted by Gasteiger charge is -2.09. The number of anilines is 2. The van der Waals surface area contributed by atoms with E-state index in [9.17, 15) is 14.9 Å². The fourth-order valence-corrected chi connectivity index (χ4v) is 1.98. The number of benzene rings is 2. The number of hydrogen-bond acceptors (Lipinski definition) is 4. The van der Waals surface area contributed by atoms with Gasteiger partial charge in [-0.3, -0.25) is 14.9 Å². The van der Waals surface area contributed by atoms with E-state index < -0.39 is 10.8 Å². The van der Waals surface area contributed by atoms with Crippen LogP contribution in [0.2, 0.25) is 0 Å². The van der Waals surface area contributed by atoms with Crippen molar-refractivity contribution >= 4 is 23.0 Å². The number of rotatable bonds is 5. The summed E-state index contributed by atoms with van der Waals surface area (Å²) in [6, 6.07) is 13.5. The summed E-state index contributed by atoms with van der Waals surface area (Å²) in [4.78, 5) is 23.0. The van der Waals surface area contributed by atoms with Crippen LogP contribution < -0.4 is 10.6 Å². The number of nitro benzene ring substituents is 1. The molecular formula is C15H15N3O3. The van der Waals surface area contributed by atoms with Crippen LogP contribution >= 0.6 is 0 Å². The Labute approximate surface area is 121 Å². The molecule has 1 amide bonds. The molecule has 0 unspecified atom stereocenters. The second-order valence-electron chi connectivity index (χ2n) is 4.31. The normalized spacial score (nSPS) is 9.95. The Balaban J connectivity index is 2.36. The van der Waals surface area contributed by atoms with Gasteiger partial charge in [-0.1, -0.05) is 24.3 Å². The minimum absolute atomic E-state index is 0.0299. The average molecular weight is 285 g/mol. The molecule has 2 aromatic carbocycles. The first kappa shape index (κ1) is 14.5. The van der Waals surface area contributed by atoms with Crippen molar-refractivity contribution < 1.29 is 9.72 Å². The van der Waals surface area contributed by atoms with Crippen LogP contribution in [0.1, 0.15) is 17.3 Å². The molecular weight excluding hydrogens is 270 g/mol. The SMILES string of the molecule is CCNc1cccc(C(=O)Nc2ccccc2)c1[N+](=O)[O-]. The second kappa shape index (κ2) is 6.51. The summed E-state index contributed by atoms with van der Waals surface area (Å²) in [6.45, 7) is 2.37. The lowest BCUT2D eigenvalue weighted by atomic mass is 10.1. The molecule has 0 aliphatic carbocycles. The van der Waals surface area contributed by atoms with Crippen LogP contribution in [-0.2, 0) is 0 Å². The van der Waals surface area contributed by atoms with Crippen LogP contribution in [-0.4, -0.2) is 17.4 Å². The first-order valence-electron chi connectivity index (χ1n) is 6.51. The van der Waals surface area contributed by atoms with E-state index in [1.54, 1.807) is 36.4 Å². The largest absolute Gasteiger partial charge is 0.380 e. The molecule has 0 atom stereocenters. The van der Waals surface area contributed by atoms with Crippen molar-refractivity contribution in [1.82, 2.24) is 0 Å². The van der Waals surface area contributed by atoms with E-state index in [1.807, 2.05) is 13.0 Å². The summed E-state index contributed by atoms with van der Waals surface area (Å²) >= 11 is 0. The molecule has 0 aromatic heterocycles. The summed E-state index contributed by atoms with van der Waals surface area (Å²) in [5.74, 6) is -0.507. The molecule has 2 rings (SSSR count). The molecule has 0 bridgehead atoms. The maximum Gasteiger partial charge on any atom is 0.305 e. The first-order chi connectivity index (χ1) is 10.1. The molecule has 6 nitrogen and oxygen atoms in total.